The van der Waals surface area contributed by atoms with Crippen molar-refractivity contribution in [2.24, 2.45) is 4.99 Å². The second kappa shape index (κ2) is 10.9. The second-order valence-electron chi connectivity index (χ2n) is 5.09. The number of thioether (sulfide) groups is 1. The summed E-state index contributed by atoms with van der Waals surface area (Å²) in [7, 11) is 0. The van der Waals surface area contributed by atoms with Gasteiger partial charge in [-0.3, -0.25) is 4.99 Å². The van der Waals surface area contributed by atoms with Gasteiger partial charge in [0.05, 0.1) is 0 Å². The summed E-state index contributed by atoms with van der Waals surface area (Å²) in [5.74, 6) is 1.85. The van der Waals surface area contributed by atoms with Crippen LogP contribution in [0.5, 0.6) is 0 Å². The van der Waals surface area contributed by atoms with Crippen LogP contribution in [0.3, 0.4) is 0 Å². The van der Waals surface area contributed by atoms with E-state index in [1.807, 2.05) is 30.0 Å². The molecule has 2 rings (SSSR count). The molecule has 0 atom stereocenters. The highest BCUT2D eigenvalue weighted by Gasteiger charge is 1.99. The first-order valence-corrected chi connectivity index (χ1v) is 9.44. The van der Waals surface area contributed by atoms with Gasteiger partial charge in [-0.1, -0.05) is 35.9 Å². The van der Waals surface area contributed by atoms with Crippen LogP contribution in [0.1, 0.15) is 12.5 Å². The average Bonchev–Trinajstić information content (AvgIpc) is 2.61. The topological polar surface area (TPSA) is 49.3 Å². The molecule has 0 aliphatic heterocycles. The van der Waals surface area contributed by atoms with Crippen LogP contribution in [0, 0.1) is 0 Å². The van der Waals surface area contributed by atoms with Crippen LogP contribution in [-0.2, 0) is 6.42 Å². The van der Waals surface area contributed by atoms with Crippen molar-refractivity contribution in [1.82, 2.24) is 15.6 Å². The predicted octanol–water partition coefficient (Wildman–Crippen LogP) is 3.62. The minimum absolute atomic E-state index is 0.521. The summed E-state index contributed by atoms with van der Waals surface area (Å²) in [6.07, 6.45) is 2.65. The van der Waals surface area contributed by atoms with Gasteiger partial charge in [-0.05, 0) is 37.1 Å². The predicted molar refractivity (Wildman–Crippen MR) is 104 cm³/mol. The molecule has 0 amide bonds. The summed E-state index contributed by atoms with van der Waals surface area (Å²) in [6, 6.07) is 14.2. The number of guanidine groups is 1. The van der Waals surface area contributed by atoms with Gasteiger partial charge in [-0.25, -0.2) is 4.98 Å². The van der Waals surface area contributed by atoms with Crippen molar-refractivity contribution in [3.05, 3.63) is 59.4 Å². The monoisotopic (exact) mass is 362 g/mol. The molecule has 0 fully saturated rings. The maximum atomic E-state index is 5.79. The molecule has 1 heterocycles. The fourth-order valence-corrected chi connectivity index (χ4v) is 2.95. The van der Waals surface area contributed by atoms with Crippen LogP contribution in [0.4, 0.5) is 0 Å². The lowest BCUT2D eigenvalue weighted by atomic mass is 10.2. The van der Waals surface area contributed by atoms with Gasteiger partial charge in [0.1, 0.15) is 5.15 Å². The summed E-state index contributed by atoms with van der Waals surface area (Å²) in [5.41, 5.74) is 1.14. The highest BCUT2D eigenvalue weighted by Crippen LogP contribution is 2.15. The normalized spacial score (nSPS) is 11.3. The number of aliphatic imine (C=N–C) groups is 1. The van der Waals surface area contributed by atoms with E-state index < -0.39 is 0 Å². The highest BCUT2D eigenvalue weighted by atomic mass is 35.5. The molecule has 0 saturated carbocycles. The molecule has 0 unspecified atom stereocenters. The third-order valence-electron chi connectivity index (χ3n) is 3.21. The SMILES string of the molecule is CCNC(=NCCc1ccc(Cl)nc1)NCCSc1ccccc1. The second-order valence-corrected chi connectivity index (χ2v) is 6.64. The Morgan fingerprint density at radius 1 is 1.17 bits per heavy atom. The summed E-state index contributed by atoms with van der Waals surface area (Å²) in [4.78, 5) is 9.97. The first-order valence-electron chi connectivity index (χ1n) is 8.08. The summed E-state index contributed by atoms with van der Waals surface area (Å²) in [5, 5.41) is 7.16. The number of rotatable bonds is 8. The van der Waals surface area contributed by atoms with Crippen molar-refractivity contribution >= 4 is 29.3 Å². The Bertz CT molecular complexity index is 617. The van der Waals surface area contributed by atoms with E-state index in [4.69, 9.17) is 11.6 Å². The first-order chi connectivity index (χ1) is 11.8. The van der Waals surface area contributed by atoms with E-state index in [1.54, 1.807) is 6.20 Å². The van der Waals surface area contributed by atoms with E-state index >= 15 is 0 Å². The lowest BCUT2D eigenvalue weighted by Gasteiger charge is -2.11. The number of pyridine rings is 1. The van der Waals surface area contributed by atoms with Crippen molar-refractivity contribution in [2.45, 2.75) is 18.2 Å². The van der Waals surface area contributed by atoms with E-state index in [0.29, 0.717) is 11.7 Å². The Balaban J connectivity index is 1.72. The Morgan fingerprint density at radius 3 is 2.71 bits per heavy atom. The van der Waals surface area contributed by atoms with Crippen molar-refractivity contribution in [3.63, 3.8) is 0 Å². The highest BCUT2D eigenvalue weighted by molar-refractivity contribution is 7.99. The molecule has 4 nitrogen and oxygen atoms in total. The van der Waals surface area contributed by atoms with Gasteiger partial charge in [0.15, 0.2) is 5.96 Å². The zero-order valence-corrected chi connectivity index (χ0v) is 15.4. The van der Waals surface area contributed by atoms with Gasteiger partial charge >= 0.3 is 0 Å². The Labute approximate surface area is 153 Å². The van der Waals surface area contributed by atoms with Gasteiger partial charge in [-0.2, -0.15) is 0 Å². The molecule has 1 aromatic heterocycles. The Kier molecular flexibility index (Phi) is 8.49. The van der Waals surface area contributed by atoms with Gasteiger partial charge in [-0.15, -0.1) is 11.8 Å². The third kappa shape index (κ3) is 7.23. The number of hydrogen-bond donors (Lipinski definition) is 2. The molecule has 6 heteroatoms. The Morgan fingerprint density at radius 2 is 2.00 bits per heavy atom. The fraction of sp³-hybridized carbons (Fsp3) is 0.333. The molecule has 0 spiro atoms. The van der Waals surface area contributed by atoms with Gasteiger partial charge in [0.2, 0.25) is 0 Å². The van der Waals surface area contributed by atoms with Crippen LogP contribution in [0.25, 0.3) is 0 Å². The van der Waals surface area contributed by atoms with Crippen LogP contribution in [0.2, 0.25) is 5.15 Å². The molecule has 0 bridgehead atoms. The van der Waals surface area contributed by atoms with Gasteiger partial charge in [0.25, 0.3) is 0 Å². The smallest absolute Gasteiger partial charge is 0.191 e. The molecule has 1 aromatic carbocycles. The average molecular weight is 363 g/mol. The minimum atomic E-state index is 0.521. The molecule has 0 saturated heterocycles. The largest absolute Gasteiger partial charge is 0.357 e. The fourth-order valence-electron chi connectivity index (χ4n) is 2.05. The number of halogens is 1. The number of hydrogen-bond acceptors (Lipinski definition) is 3. The molecule has 24 heavy (non-hydrogen) atoms. The van der Waals surface area contributed by atoms with E-state index in [1.165, 1.54) is 4.90 Å². The summed E-state index contributed by atoms with van der Waals surface area (Å²) >= 11 is 7.63. The van der Waals surface area contributed by atoms with E-state index in [0.717, 1.165) is 36.8 Å². The zero-order valence-electron chi connectivity index (χ0n) is 13.8. The number of aromatic nitrogens is 1. The summed E-state index contributed by atoms with van der Waals surface area (Å²) in [6.45, 7) is 4.50. The minimum Gasteiger partial charge on any atom is -0.357 e. The van der Waals surface area contributed by atoms with E-state index in [9.17, 15) is 0 Å². The standard InChI is InChI=1S/C18H23ClN4S/c1-2-20-18(21-11-10-15-8-9-17(19)23-14-15)22-12-13-24-16-6-4-3-5-7-16/h3-9,14H,2,10-13H2,1H3,(H2,20,21,22). The quantitative estimate of drug-likeness (QED) is 0.247. The zero-order chi connectivity index (χ0) is 17.0. The molecule has 0 radical (unpaired) electrons. The molecule has 128 valence electrons. The van der Waals surface area contributed by atoms with Gasteiger partial charge < -0.3 is 10.6 Å². The molecule has 0 aliphatic carbocycles. The number of nitrogens with one attached hydrogen (secondary N) is 2. The van der Waals surface area contributed by atoms with Crippen LogP contribution >= 0.6 is 23.4 Å². The van der Waals surface area contributed by atoms with E-state index in [-0.39, 0.29) is 0 Å². The molecule has 2 aromatic rings. The third-order valence-corrected chi connectivity index (χ3v) is 4.45. The lowest BCUT2D eigenvalue weighted by Crippen LogP contribution is -2.38. The van der Waals surface area contributed by atoms with Crippen molar-refractivity contribution in [3.8, 4) is 0 Å². The van der Waals surface area contributed by atoms with Crippen molar-refractivity contribution < 1.29 is 0 Å². The van der Waals surface area contributed by atoms with Crippen LogP contribution < -0.4 is 10.6 Å². The van der Waals surface area contributed by atoms with E-state index in [2.05, 4.69) is 51.8 Å². The summed E-state index contributed by atoms with van der Waals surface area (Å²) < 4.78 is 0. The molecule has 0 aliphatic rings. The maximum Gasteiger partial charge on any atom is 0.191 e. The van der Waals surface area contributed by atoms with Crippen molar-refractivity contribution in [2.75, 3.05) is 25.4 Å². The van der Waals surface area contributed by atoms with Crippen molar-refractivity contribution in [1.29, 1.82) is 0 Å². The maximum absolute atomic E-state index is 5.79. The Hall–Kier alpha value is -1.72. The lowest BCUT2D eigenvalue weighted by molar-refractivity contribution is 0.835. The van der Waals surface area contributed by atoms with Crippen LogP contribution in [0.15, 0.2) is 58.5 Å². The number of nitrogens with zero attached hydrogens (tertiary/aromatic N) is 2. The molecule has 2 N–H and O–H groups in total. The van der Waals surface area contributed by atoms with Gasteiger partial charge in [0, 0.05) is 36.5 Å². The molecular formula is C18H23ClN4S. The van der Waals surface area contributed by atoms with Crippen LogP contribution in [-0.4, -0.2) is 36.3 Å². The molecular weight excluding hydrogens is 340 g/mol. The first kappa shape index (κ1) is 18.6. The number of benzene rings is 1.